The molecule has 3 aromatic heterocycles. The van der Waals surface area contributed by atoms with Crippen molar-refractivity contribution in [2.24, 2.45) is 5.92 Å². The lowest BCUT2D eigenvalue weighted by molar-refractivity contribution is 0.500. The summed E-state index contributed by atoms with van der Waals surface area (Å²) in [6, 6.07) is 4.25. The van der Waals surface area contributed by atoms with Crippen LogP contribution >= 0.6 is 12.8 Å². The van der Waals surface area contributed by atoms with Gasteiger partial charge < -0.3 is 4.98 Å². The van der Waals surface area contributed by atoms with Gasteiger partial charge in [-0.25, -0.2) is 9.97 Å². The first-order valence-corrected chi connectivity index (χ1v) is 8.73. The molecule has 0 aliphatic rings. The molecule has 0 radical (unpaired) electrons. The molecule has 1 atom stereocenters. The van der Waals surface area contributed by atoms with E-state index in [9.17, 15) is 0 Å². The summed E-state index contributed by atoms with van der Waals surface area (Å²) in [6.07, 6.45) is 9.37. The maximum absolute atomic E-state index is 4.43. The zero-order chi connectivity index (χ0) is 16.2. The molecule has 5 heteroatoms. The van der Waals surface area contributed by atoms with Crippen LogP contribution in [0.1, 0.15) is 44.6 Å². The van der Waals surface area contributed by atoms with E-state index in [0.29, 0.717) is 5.92 Å². The summed E-state index contributed by atoms with van der Waals surface area (Å²) >= 11 is 4.25. The fourth-order valence-electron chi connectivity index (χ4n) is 3.28. The van der Waals surface area contributed by atoms with Crippen LogP contribution in [0.2, 0.25) is 0 Å². The largest absolute Gasteiger partial charge is 0.360 e. The van der Waals surface area contributed by atoms with Crippen LogP contribution in [0, 0.1) is 5.92 Å². The van der Waals surface area contributed by atoms with Crippen LogP contribution in [-0.2, 0) is 0 Å². The van der Waals surface area contributed by atoms with Gasteiger partial charge in [0.2, 0.25) is 0 Å². The Balaban J connectivity index is 2.02. The predicted octanol–water partition coefficient (Wildman–Crippen LogP) is 4.46. The minimum Gasteiger partial charge on any atom is -0.360 e. The Kier molecular flexibility index (Phi) is 5.18. The van der Waals surface area contributed by atoms with Crippen molar-refractivity contribution in [3.05, 3.63) is 36.3 Å². The molecule has 0 bridgehead atoms. The van der Waals surface area contributed by atoms with E-state index >= 15 is 0 Å². The number of thiol groups is 1. The van der Waals surface area contributed by atoms with E-state index in [1.807, 2.05) is 18.6 Å². The molecule has 0 aliphatic heterocycles. The van der Waals surface area contributed by atoms with Crippen molar-refractivity contribution < 1.29 is 0 Å². The lowest BCUT2D eigenvalue weighted by Crippen LogP contribution is -2.14. The highest BCUT2D eigenvalue weighted by molar-refractivity contribution is 7.78. The van der Waals surface area contributed by atoms with Gasteiger partial charge in [-0.15, -0.1) is 0 Å². The number of aromatic nitrogens is 3. The minimum atomic E-state index is 0.434. The molecule has 3 rings (SSSR count). The Labute approximate surface area is 142 Å². The minimum absolute atomic E-state index is 0.434. The molecule has 0 amide bonds. The van der Waals surface area contributed by atoms with Gasteiger partial charge in [0.1, 0.15) is 0 Å². The topological polar surface area (TPSA) is 53.6 Å². The number of nitrogens with one attached hydrogen (secondary N) is 2. The lowest BCUT2D eigenvalue weighted by atomic mass is 9.89. The van der Waals surface area contributed by atoms with E-state index in [-0.39, 0.29) is 0 Å². The Morgan fingerprint density at radius 2 is 2.09 bits per heavy atom. The zero-order valence-corrected chi connectivity index (χ0v) is 14.6. The number of H-pyrrole nitrogens is 1. The molecule has 0 aromatic carbocycles. The maximum Gasteiger partial charge on any atom is 0.159 e. The van der Waals surface area contributed by atoms with Gasteiger partial charge in [-0.3, -0.25) is 4.72 Å². The summed E-state index contributed by atoms with van der Waals surface area (Å²) in [7, 11) is 0. The van der Waals surface area contributed by atoms with Gasteiger partial charge in [0.25, 0.3) is 0 Å². The number of hydrogen-bond acceptors (Lipinski definition) is 4. The maximum atomic E-state index is 4.43. The van der Waals surface area contributed by atoms with E-state index in [1.165, 1.54) is 23.8 Å². The summed E-state index contributed by atoms with van der Waals surface area (Å²) in [4.78, 5) is 12.1. The second kappa shape index (κ2) is 7.32. The molecule has 2 N–H and O–H groups in total. The second-order valence-corrected chi connectivity index (χ2v) is 6.86. The van der Waals surface area contributed by atoms with Crippen molar-refractivity contribution in [2.75, 3.05) is 6.54 Å². The number of nitrogens with zero attached hydrogens (tertiary/aromatic N) is 2. The van der Waals surface area contributed by atoms with E-state index in [4.69, 9.17) is 0 Å². The normalized spacial score (nSPS) is 13.2. The molecule has 0 fully saturated rings. The molecular formula is C18H24N4S. The summed E-state index contributed by atoms with van der Waals surface area (Å²) in [5.74, 6) is 1.18. The highest BCUT2D eigenvalue weighted by Crippen LogP contribution is 2.32. The van der Waals surface area contributed by atoms with Crippen molar-refractivity contribution in [2.45, 2.75) is 39.0 Å². The first-order valence-electron chi connectivity index (χ1n) is 8.28. The highest BCUT2D eigenvalue weighted by atomic mass is 32.1. The van der Waals surface area contributed by atoms with Gasteiger partial charge in [0, 0.05) is 29.7 Å². The average Bonchev–Trinajstić information content (AvgIpc) is 3.02. The van der Waals surface area contributed by atoms with Crippen LogP contribution in [0.4, 0.5) is 0 Å². The molecule has 0 aliphatic carbocycles. The number of rotatable bonds is 7. The SMILES string of the molecule is CC(C)CCCC(CNS)c1cc[nH]c2cnc3nccc3c12. The van der Waals surface area contributed by atoms with Crippen molar-refractivity contribution in [1.82, 2.24) is 19.7 Å². The summed E-state index contributed by atoms with van der Waals surface area (Å²) in [6.45, 7) is 5.42. The van der Waals surface area contributed by atoms with E-state index in [2.05, 4.69) is 58.5 Å². The van der Waals surface area contributed by atoms with Crippen molar-refractivity contribution in [3.8, 4) is 0 Å². The molecule has 23 heavy (non-hydrogen) atoms. The summed E-state index contributed by atoms with van der Waals surface area (Å²) in [5.41, 5.74) is 3.23. The third-order valence-corrected chi connectivity index (χ3v) is 4.62. The van der Waals surface area contributed by atoms with Gasteiger partial charge in [-0.2, -0.15) is 0 Å². The molecule has 0 saturated carbocycles. The zero-order valence-electron chi connectivity index (χ0n) is 13.7. The van der Waals surface area contributed by atoms with Gasteiger partial charge in [-0.05, 0) is 36.0 Å². The standard InChI is InChI=1S/C18H24N4S/c1-12(2)4-3-5-13(10-22-23)14-6-8-19-16-11-21-18-15(17(14)16)7-9-20-18/h6-9,11-13,19,22-23H,3-5,10H2,1-2H3. The smallest absolute Gasteiger partial charge is 0.159 e. The average molecular weight is 328 g/mol. The Morgan fingerprint density at radius 1 is 1.22 bits per heavy atom. The Morgan fingerprint density at radius 3 is 2.87 bits per heavy atom. The summed E-state index contributed by atoms with van der Waals surface area (Å²) < 4.78 is 3.06. The molecule has 0 spiro atoms. The van der Waals surface area contributed by atoms with Gasteiger partial charge >= 0.3 is 0 Å². The molecule has 0 saturated heterocycles. The first kappa shape index (κ1) is 16.3. The van der Waals surface area contributed by atoms with E-state index < -0.39 is 0 Å². The van der Waals surface area contributed by atoms with Crippen molar-refractivity contribution in [3.63, 3.8) is 0 Å². The number of hydrogen-bond donors (Lipinski definition) is 3. The molecule has 4 nitrogen and oxygen atoms in total. The lowest BCUT2D eigenvalue weighted by Gasteiger charge is -2.19. The second-order valence-electron chi connectivity index (χ2n) is 6.55. The third-order valence-electron chi connectivity index (χ3n) is 4.44. The Bertz CT molecular complexity index is 781. The van der Waals surface area contributed by atoms with Crippen LogP contribution in [0.25, 0.3) is 21.9 Å². The van der Waals surface area contributed by atoms with Gasteiger partial charge in [0.05, 0.1) is 11.7 Å². The molecule has 3 aromatic rings. The monoisotopic (exact) mass is 328 g/mol. The quantitative estimate of drug-likeness (QED) is 0.561. The van der Waals surface area contributed by atoms with E-state index in [1.54, 1.807) is 0 Å². The number of aromatic amines is 1. The van der Waals surface area contributed by atoms with Crippen LogP contribution in [0.15, 0.2) is 30.7 Å². The van der Waals surface area contributed by atoms with Crippen LogP contribution in [0.3, 0.4) is 0 Å². The van der Waals surface area contributed by atoms with Crippen molar-refractivity contribution >= 4 is 34.8 Å². The number of pyridine rings is 2. The van der Waals surface area contributed by atoms with Gasteiger partial charge in [-0.1, -0.05) is 39.5 Å². The molecule has 1 unspecified atom stereocenters. The number of fused-ring (bicyclic) bond motifs is 3. The fourth-order valence-corrected chi connectivity index (χ4v) is 3.50. The highest BCUT2D eigenvalue weighted by Gasteiger charge is 2.17. The van der Waals surface area contributed by atoms with Crippen LogP contribution in [0.5, 0.6) is 0 Å². The van der Waals surface area contributed by atoms with E-state index in [0.717, 1.165) is 35.4 Å². The Hall–Kier alpha value is -1.59. The molecular weight excluding hydrogens is 304 g/mol. The third kappa shape index (κ3) is 3.51. The predicted molar refractivity (Wildman–Crippen MR) is 99.8 cm³/mol. The van der Waals surface area contributed by atoms with Crippen LogP contribution < -0.4 is 4.72 Å². The molecule has 3 heterocycles. The molecule has 122 valence electrons. The first-order chi connectivity index (χ1) is 11.2. The van der Waals surface area contributed by atoms with Gasteiger partial charge in [0.15, 0.2) is 5.65 Å². The fraction of sp³-hybridized carbons (Fsp3) is 0.444. The summed E-state index contributed by atoms with van der Waals surface area (Å²) in [5, 5.41) is 2.37. The van der Waals surface area contributed by atoms with Crippen molar-refractivity contribution in [1.29, 1.82) is 0 Å². The van der Waals surface area contributed by atoms with Crippen LogP contribution in [-0.4, -0.2) is 21.5 Å².